The second-order valence-corrected chi connectivity index (χ2v) is 13.4. The van der Waals surface area contributed by atoms with E-state index < -0.39 is 30.1 Å². The van der Waals surface area contributed by atoms with Crippen molar-refractivity contribution in [2.24, 2.45) is 5.92 Å². The predicted molar refractivity (Wildman–Crippen MR) is 176 cm³/mol. The number of anilines is 2. The fourth-order valence-corrected chi connectivity index (χ4v) is 8.28. The van der Waals surface area contributed by atoms with Crippen molar-refractivity contribution in [1.29, 1.82) is 0 Å². The molecular formula is C35H35ClF2N6O2. The highest BCUT2D eigenvalue weighted by Crippen LogP contribution is 2.47. The molecule has 0 unspecified atom stereocenters. The highest BCUT2D eigenvalue weighted by Gasteiger charge is 2.55. The van der Waals surface area contributed by atoms with Crippen LogP contribution in [-0.4, -0.2) is 81.9 Å². The second-order valence-electron chi connectivity index (χ2n) is 12.9. The van der Waals surface area contributed by atoms with Gasteiger partial charge in [-0.25, -0.2) is 8.78 Å². The van der Waals surface area contributed by atoms with E-state index in [4.69, 9.17) is 41.0 Å². The van der Waals surface area contributed by atoms with Crippen molar-refractivity contribution >= 4 is 44.8 Å². The fourth-order valence-electron chi connectivity index (χ4n) is 7.82. The van der Waals surface area contributed by atoms with Crippen LogP contribution in [0.4, 0.5) is 20.3 Å². The summed E-state index contributed by atoms with van der Waals surface area (Å²) < 4.78 is 62.3. The lowest BCUT2D eigenvalue weighted by Crippen LogP contribution is -2.46. The molecule has 2 N–H and O–H groups in total. The van der Waals surface area contributed by atoms with Gasteiger partial charge in [0.25, 0.3) is 0 Å². The Morgan fingerprint density at radius 3 is 2.98 bits per heavy atom. The molecule has 0 amide bonds. The van der Waals surface area contributed by atoms with Crippen LogP contribution < -0.4 is 15.4 Å². The van der Waals surface area contributed by atoms with Gasteiger partial charge < -0.3 is 20.1 Å². The first-order chi connectivity index (χ1) is 23.0. The van der Waals surface area contributed by atoms with E-state index in [0.717, 1.165) is 10.9 Å². The number of halogens is 3. The minimum atomic E-state index is -2.39. The first-order valence-electron chi connectivity index (χ1n) is 16.7. The molecule has 0 spiro atoms. The third-order valence-corrected chi connectivity index (χ3v) is 10.8. The number of nitrogens with two attached hydrogens (primary N) is 1. The molecule has 1 aliphatic carbocycles. The van der Waals surface area contributed by atoms with Crippen molar-refractivity contribution < 1.29 is 21.0 Å². The molecule has 8 nitrogen and oxygen atoms in total. The number of nitrogen functional groups attached to an aromatic ring is 1. The van der Waals surface area contributed by atoms with E-state index in [0.29, 0.717) is 72.5 Å². The maximum atomic E-state index is 17.1. The molecule has 4 aliphatic rings. The number of alkyl halides is 2. The minimum absolute atomic E-state index is 0.0232. The Morgan fingerprint density at radius 1 is 1.30 bits per heavy atom. The van der Waals surface area contributed by atoms with Gasteiger partial charge in [-0.1, -0.05) is 18.1 Å². The third-order valence-electron chi connectivity index (χ3n) is 10.3. The van der Waals surface area contributed by atoms with Gasteiger partial charge in [0.2, 0.25) is 0 Å². The molecule has 46 heavy (non-hydrogen) atoms. The second kappa shape index (κ2) is 10.9. The standard InChI is InChI=1S/C35H35ClF2N6O2/c1-4-22-18(2)6-7-20-12-21(39)13-23(27(20)22)30-29(38)31-24(15-40-30)33(43-10-11-45-16-25-28(36)32(25)43)42-34(41-31)46-17-35-8-5-9-44(35)19(3)26(37)14-35/h1,6-7,12-13,15,19,25-26,28,32H,5,8-11,14,16-17,39H2,2-3H3/t19-,25+,26-,28+,32+,35+/m1/s1/i17D2. The predicted octanol–water partition coefficient (Wildman–Crippen LogP) is 5.64. The monoisotopic (exact) mass is 646 g/mol. The summed E-state index contributed by atoms with van der Waals surface area (Å²) in [6, 6.07) is 6.24. The van der Waals surface area contributed by atoms with Gasteiger partial charge in [0, 0.05) is 53.3 Å². The van der Waals surface area contributed by atoms with Gasteiger partial charge in [0.1, 0.15) is 29.8 Å². The van der Waals surface area contributed by atoms with E-state index in [1.165, 1.54) is 6.20 Å². The highest BCUT2D eigenvalue weighted by molar-refractivity contribution is 6.24. The fraction of sp³-hybridized carbons (Fsp3) is 0.457. The van der Waals surface area contributed by atoms with Gasteiger partial charge in [-0.3, -0.25) is 9.88 Å². The van der Waals surface area contributed by atoms with Crippen LogP contribution in [0.25, 0.3) is 32.9 Å². The minimum Gasteiger partial charge on any atom is -0.461 e. The van der Waals surface area contributed by atoms with Crippen molar-refractivity contribution in [2.75, 3.05) is 43.5 Å². The summed E-state index contributed by atoms with van der Waals surface area (Å²) in [7, 11) is 0. The largest absolute Gasteiger partial charge is 0.461 e. The van der Waals surface area contributed by atoms with Gasteiger partial charge in [0.05, 0.1) is 38.3 Å². The molecular weight excluding hydrogens is 610 g/mol. The molecule has 0 radical (unpaired) electrons. The molecule has 3 saturated heterocycles. The molecule has 6 atom stereocenters. The number of hydrogen-bond acceptors (Lipinski definition) is 8. The van der Waals surface area contributed by atoms with E-state index in [-0.39, 0.29) is 41.0 Å². The Morgan fingerprint density at radius 2 is 2.15 bits per heavy atom. The Bertz CT molecular complexity index is 2030. The van der Waals surface area contributed by atoms with Crippen molar-refractivity contribution in [2.45, 2.75) is 62.3 Å². The van der Waals surface area contributed by atoms with E-state index in [2.05, 4.69) is 15.9 Å². The zero-order chi connectivity index (χ0) is 33.7. The van der Waals surface area contributed by atoms with Crippen LogP contribution in [0.15, 0.2) is 30.5 Å². The van der Waals surface area contributed by atoms with Gasteiger partial charge in [-0.05, 0) is 56.3 Å². The summed E-state index contributed by atoms with van der Waals surface area (Å²) in [4.78, 5) is 17.6. The zero-order valence-electron chi connectivity index (χ0n) is 27.6. The van der Waals surface area contributed by atoms with Crippen LogP contribution in [0.5, 0.6) is 6.01 Å². The van der Waals surface area contributed by atoms with Crippen LogP contribution in [0.3, 0.4) is 0 Å². The molecule has 8 rings (SSSR count). The van der Waals surface area contributed by atoms with Crippen LogP contribution in [0.2, 0.25) is 0 Å². The molecule has 5 heterocycles. The van der Waals surface area contributed by atoms with Gasteiger partial charge >= 0.3 is 6.01 Å². The smallest absolute Gasteiger partial charge is 0.319 e. The van der Waals surface area contributed by atoms with Crippen molar-refractivity contribution in [1.82, 2.24) is 19.9 Å². The number of fused-ring (bicyclic) bond motifs is 4. The quantitative estimate of drug-likeness (QED) is 0.169. The number of aromatic nitrogens is 3. The number of benzene rings is 2. The maximum absolute atomic E-state index is 17.1. The lowest BCUT2D eigenvalue weighted by molar-refractivity contribution is 0.0879. The van der Waals surface area contributed by atoms with Crippen molar-refractivity contribution in [3.05, 3.63) is 47.4 Å². The topological polar surface area (TPSA) is 89.6 Å². The zero-order valence-corrected chi connectivity index (χ0v) is 26.3. The summed E-state index contributed by atoms with van der Waals surface area (Å²) in [5.41, 5.74) is 7.18. The summed E-state index contributed by atoms with van der Waals surface area (Å²) in [6.07, 6.45) is 7.33. The summed E-state index contributed by atoms with van der Waals surface area (Å²) in [6.45, 7) is 3.11. The molecule has 2 aromatic carbocycles. The Kier molecular flexibility index (Phi) is 6.48. The first kappa shape index (κ1) is 27.3. The summed E-state index contributed by atoms with van der Waals surface area (Å²) in [5.74, 6) is 2.33. The normalized spacial score (nSPS) is 30.0. The average Bonchev–Trinajstić information content (AvgIpc) is 3.45. The Labute approximate surface area is 274 Å². The summed E-state index contributed by atoms with van der Waals surface area (Å²) >= 11 is 6.68. The highest BCUT2D eigenvalue weighted by atomic mass is 35.5. The number of aryl methyl sites for hydroxylation is 1. The Hall–Kier alpha value is -3.78. The van der Waals surface area contributed by atoms with Crippen molar-refractivity contribution in [3.63, 3.8) is 0 Å². The number of ether oxygens (including phenoxy) is 2. The van der Waals surface area contributed by atoms with Crippen LogP contribution in [-0.2, 0) is 4.74 Å². The molecule has 1 saturated carbocycles. The maximum Gasteiger partial charge on any atom is 0.319 e. The summed E-state index contributed by atoms with van der Waals surface area (Å²) in [5, 5.41) is 1.47. The first-order valence-corrected chi connectivity index (χ1v) is 16.1. The van der Waals surface area contributed by atoms with Gasteiger partial charge in [-0.15, -0.1) is 18.0 Å². The number of pyridine rings is 1. The number of terminal acetylenes is 1. The van der Waals surface area contributed by atoms with Crippen LogP contribution in [0, 0.1) is 31.0 Å². The number of hydrogen-bond donors (Lipinski definition) is 1. The molecule has 2 aromatic heterocycles. The van der Waals surface area contributed by atoms with E-state index in [9.17, 15) is 0 Å². The average molecular weight is 647 g/mol. The van der Waals surface area contributed by atoms with E-state index in [1.807, 2.05) is 28.9 Å². The lowest BCUT2D eigenvalue weighted by Gasteiger charge is -2.33. The SMILES string of the molecule is [2H]C([2H])(Oc1nc(N2CCOC[C@H]3[C@H](Cl)[C@H]32)c2cnc(-c3cc(N)cc4ccc(C)c(C#C)c34)c(F)c2n1)[C@@]12CCCN1[C@H](C)[C@H](F)C2. The van der Waals surface area contributed by atoms with E-state index in [1.54, 1.807) is 19.1 Å². The number of rotatable bonds is 5. The third kappa shape index (κ3) is 4.50. The molecule has 3 aliphatic heterocycles. The Balaban J connectivity index is 1.32. The van der Waals surface area contributed by atoms with Gasteiger partial charge in [-0.2, -0.15) is 9.97 Å². The molecule has 0 bridgehead atoms. The molecule has 4 fully saturated rings. The van der Waals surface area contributed by atoms with E-state index >= 15 is 8.78 Å². The van der Waals surface area contributed by atoms with Crippen LogP contribution >= 0.6 is 11.6 Å². The molecule has 238 valence electrons. The lowest BCUT2D eigenvalue weighted by atomic mass is 9.93. The molecule has 4 aromatic rings. The number of nitrogens with zero attached hydrogens (tertiary/aromatic N) is 5. The molecule has 11 heteroatoms. The van der Waals surface area contributed by atoms with Crippen molar-refractivity contribution in [3.8, 4) is 29.6 Å². The van der Waals surface area contributed by atoms with Gasteiger partial charge in [0.15, 0.2) is 5.82 Å². The van der Waals surface area contributed by atoms with Crippen LogP contribution in [0.1, 0.15) is 40.1 Å².